The summed E-state index contributed by atoms with van der Waals surface area (Å²) in [5, 5.41) is 6.00. The molecule has 4 unspecified atom stereocenters. The van der Waals surface area contributed by atoms with Crippen molar-refractivity contribution in [3.8, 4) is 0 Å². The van der Waals surface area contributed by atoms with Crippen LogP contribution in [-0.2, 0) is 0 Å². The second-order valence-electron chi connectivity index (χ2n) is 5.82. The number of rotatable bonds is 5. The molecule has 0 amide bonds. The van der Waals surface area contributed by atoms with Crippen LogP contribution in [0.2, 0.25) is 0 Å². The van der Waals surface area contributed by atoms with Gasteiger partial charge >= 0.3 is 0 Å². The van der Waals surface area contributed by atoms with Crippen molar-refractivity contribution in [2.75, 3.05) is 6.54 Å². The van der Waals surface area contributed by atoms with Gasteiger partial charge in [-0.2, -0.15) is 0 Å². The Balaban J connectivity index is 1.53. The molecule has 2 fully saturated rings. The monoisotopic (exact) mass is 249 g/mol. The van der Waals surface area contributed by atoms with Crippen LogP contribution in [0.3, 0.4) is 0 Å². The summed E-state index contributed by atoms with van der Waals surface area (Å²) in [5.41, 5.74) is 0. The molecule has 0 saturated heterocycles. The SMILES string of the molecule is CCC(NCC1CC2CCC1C2)c1cccs1. The zero-order chi connectivity index (χ0) is 11.7. The first kappa shape index (κ1) is 11.7. The predicted molar refractivity (Wildman–Crippen MR) is 74.3 cm³/mol. The molecule has 2 aliphatic rings. The summed E-state index contributed by atoms with van der Waals surface area (Å²) in [6.07, 6.45) is 7.26. The van der Waals surface area contributed by atoms with E-state index >= 15 is 0 Å². The van der Waals surface area contributed by atoms with Crippen molar-refractivity contribution in [2.24, 2.45) is 17.8 Å². The van der Waals surface area contributed by atoms with E-state index in [1.54, 1.807) is 0 Å². The van der Waals surface area contributed by atoms with E-state index in [0.29, 0.717) is 6.04 Å². The third-order valence-corrected chi connectivity index (χ3v) is 5.79. The minimum Gasteiger partial charge on any atom is -0.309 e. The molecule has 17 heavy (non-hydrogen) atoms. The minimum absolute atomic E-state index is 0.592. The fourth-order valence-electron chi connectivity index (χ4n) is 3.86. The fraction of sp³-hybridized carbons (Fsp3) is 0.733. The smallest absolute Gasteiger partial charge is 0.0412 e. The Morgan fingerprint density at radius 2 is 2.35 bits per heavy atom. The first-order chi connectivity index (χ1) is 8.36. The van der Waals surface area contributed by atoms with E-state index in [2.05, 4.69) is 29.8 Å². The third-order valence-electron chi connectivity index (χ3n) is 4.81. The molecule has 0 aliphatic heterocycles. The summed E-state index contributed by atoms with van der Waals surface area (Å²) in [6.45, 7) is 3.54. The molecule has 3 rings (SSSR count). The average molecular weight is 249 g/mol. The van der Waals surface area contributed by atoms with Crippen LogP contribution < -0.4 is 5.32 Å². The Labute approximate surface area is 109 Å². The Bertz CT molecular complexity index is 346. The summed E-state index contributed by atoms with van der Waals surface area (Å²) in [5.74, 6) is 3.10. The van der Waals surface area contributed by atoms with E-state index in [-0.39, 0.29) is 0 Å². The predicted octanol–water partition coefficient (Wildman–Crippen LogP) is 4.23. The normalized spacial score (nSPS) is 33.1. The van der Waals surface area contributed by atoms with Gasteiger partial charge in [-0.25, -0.2) is 0 Å². The highest BCUT2D eigenvalue weighted by Gasteiger charge is 2.39. The summed E-state index contributed by atoms with van der Waals surface area (Å²) < 4.78 is 0. The van der Waals surface area contributed by atoms with Crippen molar-refractivity contribution in [1.29, 1.82) is 0 Å². The number of fused-ring (bicyclic) bond motifs is 2. The molecule has 2 bridgehead atoms. The Kier molecular flexibility index (Phi) is 3.53. The van der Waals surface area contributed by atoms with Gasteiger partial charge in [0.2, 0.25) is 0 Å². The topological polar surface area (TPSA) is 12.0 Å². The maximum absolute atomic E-state index is 3.81. The molecule has 1 heterocycles. The van der Waals surface area contributed by atoms with E-state index < -0.39 is 0 Å². The van der Waals surface area contributed by atoms with Crippen LogP contribution in [0.15, 0.2) is 17.5 Å². The maximum atomic E-state index is 3.81. The molecular formula is C15H23NS. The van der Waals surface area contributed by atoms with Crippen LogP contribution in [0.5, 0.6) is 0 Å². The molecular weight excluding hydrogens is 226 g/mol. The standard InChI is InChI=1S/C15H23NS/c1-2-14(15-4-3-7-17-15)16-10-13-9-11-5-6-12(13)8-11/h3-4,7,11-14,16H,2,5-6,8-10H2,1H3. The Hall–Kier alpha value is -0.340. The molecule has 4 atom stereocenters. The largest absolute Gasteiger partial charge is 0.309 e. The highest BCUT2D eigenvalue weighted by molar-refractivity contribution is 7.10. The summed E-state index contributed by atoms with van der Waals surface area (Å²) in [4.78, 5) is 1.51. The summed E-state index contributed by atoms with van der Waals surface area (Å²) >= 11 is 1.89. The quantitative estimate of drug-likeness (QED) is 0.823. The molecule has 1 nitrogen and oxygen atoms in total. The van der Waals surface area contributed by atoms with Gasteiger partial charge in [-0.05, 0) is 61.4 Å². The van der Waals surface area contributed by atoms with Gasteiger partial charge in [-0.3, -0.25) is 0 Å². The Morgan fingerprint density at radius 3 is 2.94 bits per heavy atom. The van der Waals surface area contributed by atoms with E-state index in [0.717, 1.165) is 17.8 Å². The zero-order valence-corrected chi connectivity index (χ0v) is 11.5. The van der Waals surface area contributed by atoms with Crippen LogP contribution in [0.1, 0.15) is 49.9 Å². The lowest BCUT2D eigenvalue weighted by atomic mass is 9.88. The van der Waals surface area contributed by atoms with Gasteiger partial charge in [0.15, 0.2) is 0 Å². The molecule has 1 aromatic heterocycles. The number of nitrogens with one attached hydrogen (secondary N) is 1. The van der Waals surface area contributed by atoms with Crippen molar-refractivity contribution < 1.29 is 0 Å². The summed E-state index contributed by atoms with van der Waals surface area (Å²) in [7, 11) is 0. The van der Waals surface area contributed by atoms with Crippen LogP contribution in [-0.4, -0.2) is 6.54 Å². The highest BCUT2D eigenvalue weighted by Crippen LogP contribution is 2.48. The van der Waals surface area contributed by atoms with E-state index in [9.17, 15) is 0 Å². The van der Waals surface area contributed by atoms with Gasteiger partial charge < -0.3 is 5.32 Å². The number of hydrogen-bond acceptors (Lipinski definition) is 2. The first-order valence-electron chi connectivity index (χ1n) is 7.13. The molecule has 1 N–H and O–H groups in total. The van der Waals surface area contributed by atoms with Gasteiger partial charge in [0.25, 0.3) is 0 Å². The van der Waals surface area contributed by atoms with Gasteiger partial charge in [0, 0.05) is 10.9 Å². The molecule has 0 radical (unpaired) electrons. The molecule has 0 aromatic carbocycles. The molecule has 94 valence electrons. The van der Waals surface area contributed by atoms with Crippen molar-refractivity contribution in [1.82, 2.24) is 5.32 Å². The second-order valence-corrected chi connectivity index (χ2v) is 6.80. The molecule has 2 saturated carbocycles. The first-order valence-corrected chi connectivity index (χ1v) is 8.01. The molecule has 1 aromatic rings. The Morgan fingerprint density at radius 1 is 1.41 bits per heavy atom. The van der Waals surface area contributed by atoms with Gasteiger partial charge in [-0.1, -0.05) is 19.4 Å². The van der Waals surface area contributed by atoms with Gasteiger partial charge in [0.05, 0.1) is 0 Å². The van der Waals surface area contributed by atoms with E-state index in [1.165, 1.54) is 43.5 Å². The van der Waals surface area contributed by atoms with Crippen LogP contribution >= 0.6 is 11.3 Å². The number of thiophene rings is 1. The zero-order valence-electron chi connectivity index (χ0n) is 10.7. The number of hydrogen-bond donors (Lipinski definition) is 1. The van der Waals surface area contributed by atoms with E-state index in [4.69, 9.17) is 0 Å². The molecule has 0 spiro atoms. The lowest BCUT2D eigenvalue weighted by molar-refractivity contribution is 0.305. The van der Waals surface area contributed by atoms with Gasteiger partial charge in [0.1, 0.15) is 0 Å². The van der Waals surface area contributed by atoms with Crippen LogP contribution in [0, 0.1) is 17.8 Å². The molecule has 2 aliphatic carbocycles. The van der Waals surface area contributed by atoms with Crippen molar-refractivity contribution in [3.05, 3.63) is 22.4 Å². The van der Waals surface area contributed by atoms with Crippen molar-refractivity contribution >= 4 is 11.3 Å². The van der Waals surface area contributed by atoms with Crippen molar-refractivity contribution in [3.63, 3.8) is 0 Å². The minimum atomic E-state index is 0.592. The second kappa shape index (κ2) is 5.11. The van der Waals surface area contributed by atoms with Crippen LogP contribution in [0.4, 0.5) is 0 Å². The maximum Gasteiger partial charge on any atom is 0.0412 e. The third kappa shape index (κ3) is 2.43. The molecule has 2 heteroatoms. The lowest BCUT2D eigenvalue weighted by Gasteiger charge is -2.24. The van der Waals surface area contributed by atoms with E-state index in [1.807, 2.05) is 11.3 Å². The van der Waals surface area contributed by atoms with Crippen LogP contribution in [0.25, 0.3) is 0 Å². The lowest BCUT2D eigenvalue weighted by Crippen LogP contribution is -2.29. The van der Waals surface area contributed by atoms with Crippen molar-refractivity contribution in [2.45, 2.75) is 45.1 Å². The average Bonchev–Trinajstić information content (AvgIpc) is 3.06. The fourth-order valence-corrected chi connectivity index (χ4v) is 4.74. The van der Waals surface area contributed by atoms with Gasteiger partial charge in [-0.15, -0.1) is 11.3 Å². The highest BCUT2D eigenvalue weighted by atomic mass is 32.1. The summed E-state index contributed by atoms with van der Waals surface area (Å²) in [6, 6.07) is 5.03.